The standard InChI is InChI=1S/C16H16ClI3N2O7/c1-5(29-6(2)25)15(27)22-13-11(19)8(14(17)26)10(18)9(12(13)20)16(28)21-7(3-23)4-24/h5,7,23-24H,3-4H2,1-2H3,(H,21,28)(H,22,27)/t5-/m0/s1. The molecule has 0 saturated carbocycles. The maximum atomic E-state index is 12.7. The number of esters is 1. The van der Waals surface area contributed by atoms with Gasteiger partial charge in [-0.05, 0) is 86.3 Å². The maximum Gasteiger partial charge on any atom is 0.303 e. The predicted octanol–water partition coefficient (Wildman–Crippen LogP) is 1.85. The molecule has 0 aliphatic rings. The second kappa shape index (κ2) is 11.9. The van der Waals surface area contributed by atoms with Crippen LogP contribution < -0.4 is 10.6 Å². The first-order valence-corrected chi connectivity index (χ1v) is 11.5. The SMILES string of the molecule is CC(=O)O[C@@H](C)C(=O)Nc1c(I)c(C(=O)Cl)c(I)c(C(=O)NC(CO)CO)c1I. The monoisotopic (exact) mass is 764 g/mol. The van der Waals surface area contributed by atoms with Gasteiger partial charge in [-0.2, -0.15) is 0 Å². The Labute approximate surface area is 212 Å². The van der Waals surface area contributed by atoms with Crippen LogP contribution in [0.1, 0.15) is 34.6 Å². The summed E-state index contributed by atoms with van der Waals surface area (Å²) in [6, 6.07) is -0.912. The number of hydrogen-bond donors (Lipinski definition) is 4. The minimum Gasteiger partial charge on any atom is -0.453 e. The van der Waals surface area contributed by atoms with Crippen LogP contribution in [0.3, 0.4) is 0 Å². The second-order valence-electron chi connectivity index (χ2n) is 5.62. The summed E-state index contributed by atoms with van der Waals surface area (Å²) in [4.78, 5) is 48.2. The molecule has 1 rings (SSSR count). The minimum absolute atomic E-state index is 0.0124. The fourth-order valence-corrected chi connectivity index (χ4v) is 7.00. The van der Waals surface area contributed by atoms with Crippen LogP contribution in [0.4, 0.5) is 5.69 Å². The Bertz CT molecular complexity index is 847. The van der Waals surface area contributed by atoms with E-state index >= 15 is 0 Å². The quantitative estimate of drug-likeness (QED) is 0.180. The first-order chi connectivity index (χ1) is 13.5. The van der Waals surface area contributed by atoms with E-state index in [2.05, 4.69) is 10.6 Å². The average molecular weight is 764 g/mol. The number of hydrogen-bond acceptors (Lipinski definition) is 7. The van der Waals surface area contributed by atoms with Gasteiger partial charge >= 0.3 is 5.97 Å². The number of halogens is 4. The Morgan fingerprint density at radius 1 is 1.03 bits per heavy atom. The van der Waals surface area contributed by atoms with Crippen molar-refractivity contribution in [3.63, 3.8) is 0 Å². The van der Waals surface area contributed by atoms with Gasteiger partial charge in [0.25, 0.3) is 17.1 Å². The van der Waals surface area contributed by atoms with Crippen LogP contribution in [0.5, 0.6) is 0 Å². The summed E-state index contributed by atoms with van der Waals surface area (Å²) in [5.74, 6) is -1.98. The highest BCUT2D eigenvalue weighted by Gasteiger charge is 2.29. The molecule has 2 amide bonds. The van der Waals surface area contributed by atoms with Crippen molar-refractivity contribution in [1.29, 1.82) is 0 Å². The Hall–Kier alpha value is -0.300. The molecule has 0 bridgehead atoms. The van der Waals surface area contributed by atoms with Crippen molar-refractivity contribution in [2.45, 2.75) is 26.0 Å². The van der Waals surface area contributed by atoms with Crippen LogP contribution in [0, 0.1) is 10.7 Å². The van der Waals surface area contributed by atoms with Crippen molar-refractivity contribution in [3.05, 3.63) is 21.8 Å². The molecule has 0 aliphatic heterocycles. The van der Waals surface area contributed by atoms with Gasteiger partial charge in [-0.1, -0.05) is 0 Å². The van der Waals surface area contributed by atoms with E-state index in [-0.39, 0.29) is 20.4 Å². The molecule has 29 heavy (non-hydrogen) atoms. The highest BCUT2D eigenvalue weighted by atomic mass is 127. The molecule has 0 spiro atoms. The predicted molar refractivity (Wildman–Crippen MR) is 130 cm³/mol. The zero-order valence-corrected chi connectivity index (χ0v) is 22.2. The lowest BCUT2D eigenvalue weighted by Crippen LogP contribution is -2.41. The van der Waals surface area contributed by atoms with Gasteiger partial charge in [0.1, 0.15) is 0 Å². The maximum absolute atomic E-state index is 12.7. The molecule has 0 saturated heterocycles. The number of benzene rings is 1. The Balaban J connectivity index is 3.52. The van der Waals surface area contributed by atoms with Crippen molar-refractivity contribution >= 4 is 108 Å². The topological polar surface area (TPSA) is 142 Å². The number of rotatable bonds is 8. The number of carbonyl (C=O) groups excluding carboxylic acids is 4. The van der Waals surface area contributed by atoms with Crippen molar-refractivity contribution in [3.8, 4) is 0 Å². The van der Waals surface area contributed by atoms with Gasteiger partial charge in [-0.3, -0.25) is 19.2 Å². The van der Waals surface area contributed by atoms with Gasteiger partial charge in [-0.15, -0.1) is 0 Å². The molecule has 160 valence electrons. The first-order valence-electron chi connectivity index (χ1n) is 7.87. The van der Waals surface area contributed by atoms with E-state index in [0.717, 1.165) is 6.92 Å². The van der Waals surface area contributed by atoms with Crippen molar-refractivity contribution < 1.29 is 34.1 Å². The number of aliphatic hydroxyl groups is 2. The third-order valence-corrected chi connectivity index (χ3v) is 6.90. The van der Waals surface area contributed by atoms with Crippen molar-refractivity contribution in [2.75, 3.05) is 18.5 Å². The summed E-state index contributed by atoms with van der Waals surface area (Å²) < 4.78 is 5.69. The van der Waals surface area contributed by atoms with E-state index in [9.17, 15) is 29.4 Å². The Morgan fingerprint density at radius 2 is 1.55 bits per heavy atom. The fourth-order valence-electron chi connectivity index (χ4n) is 2.08. The molecule has 0 unspecified atom stereocenters. The first kappa shape index (κ1) is 26.7. The summed E-state index contributed by atoms with van der Waals surface area (Å²) in [6.45, 7) is 1.54. The molecule has 0 aromatic heterocycles. The smallest absolute Gasteiger partial charge is 0.303 e. The van der Waals surface area contributed by atoms with Gasteiger partial charge in [0.15, 0.2) is 6.10 Å². The lowest BCUT2D eigenvalue weighted by atomic mass is 10.1. The van der Waals surface area contributed by atoms with E-state index in [4.69, 9.17) is 16.3 Å². The molecule has 1 aromatic carbocycles. The lowest BCUT2D eigenvalue weighted by molar-refractivity contribution is -0.150. The van der Waals surface area contributed by atoms with Crippen LogP contribution in [-0.2, 0) is 14.3 Å². The molecule has 9 nitrogen and oxygen atoms in total. The zero-order valence-electron chi connectivity index (χ0n) is 15.0. The van der Waals surface area contributed by atoms with Crippen LogP contribution in [0.2, 0.25) is 0 Å². The van der Waals surface area contributed by atoms with Gasteiger partial charge in [0.05, 0.1) is 43.2 Å². The fraction of sp³-hybridized carbons (Fsp3) is 0.375. The summed E-state index contributed by atoms with van der Waals surface area (Å²) in [7, 11) is 0. The normalized spacial score (nSPS) is 11.8. The van der Waals surface area contributed by atoms with Crippen molar-refractivity contribution in [1.82, 2.24) is 5.32 Å². The molecule has 4 N–H and O–H groups in total. The van der Waals surface area contributed by atoms with Gasteiger partial charge in [0, 0.05) is 10.5 Å². The summed E-state index contributed by atoms with van der Waals surface area (Å²) in [5, 5.41) is 22.6. The number of ether oxygens (including phenoxy) is 1. The van der Waals surface area contributed by atoms with E-state index in [0.29, 0.717) is 7.14 Å². The average Bonchev–Trinajstić information content (AvgIpc) is 2.61. The summed E-state index contributed by atoms with van der Waals surface area (Å²) >= 11 is 11.1. The van der Waals surface area contributed by atoms with Crippen LogP contribution in [0.15, 0.2) is 0 Å². The van der Waals surface area contributed by atoms with Crippen LogP contribution in [-0.4, -0.2) is 58.6 Å². The second-order valence-corrected chi connectivity index (χ2v) is 9.20. The molecule has 1 aromatic rings. The lowest BCUT2D eigenvalue weighted by Gasteiger charge is -2.21. The number of aliphatic hydroxyl groups excluding tert-OH is 2. The Kier molecular flexibility index (Phi) is 11.0. The zero-order chi connectivity index (χ0) is 22.5. The molecule has 0 heterocycles. The molecule has 0 radical (unpaired) electrons. The van der Waals surface area contributed by atoms with Gasteiger partial charge < -0.3 is 25.6 Å². The van der Waals surface area contributed by atoms with E-state index in [1.54, 1.807) is 22.6 Å². The van der Waals surface area contributed by atoms with E-state index in [1.165, 1.54) is 6.92 Å². The minimum atomic E-state index is -1.11. The Morgan fingerprint density at radius 3 is 2.00 bits per heavy atom. The number of nitrogens with one attached hydrogen (secondary N) is 2. The third-order valence-electron chi connectivity index (χ3n) is 3.48. The highest BCUT2D eigenvalue weighted by molar-refractivity contribution is 14.1. The molecule has 0 aliphatic carbocycles. The van der Waals surface area contributed by atoms with E-state index < -0.39 is 48.4 Å². The number of anilines is 1. The highest BCUT2D eigenvalue weighted by Crippen LogP contribution is 2.36. The number of carbonyl (C=O) groups is 4. The molecular weight excluding hydrogens is 748 g/mol. The van der Waals surface area contributed by atoms with Crippen LogP contribution in [0.25, 0.3) is 0 Å². The van der Waals surface area contributed by atoms with Crippen molar-refractivity contribution in [2.24, 2.45) is 0 Å². The van der Waals surface area contributed by atoms with Crippen LogP contribution >= 0.6 is 79.4 Å². The molecule has 13 heteroatoms. The summed E-state index contributed by atoms with van der Waals surface area (Å²) in [5.41, 5.74) is 0.200. The van der Waals surface area contributed by atoms with E-state index in [1.807, 2.05) is 45.2 Å². The molecule has 0 fully saturated rings. The molecular formula is C16H16ClI3N2O7. The third kappa shape index (κ3) is 6.84. The largest absolute Gasteiger partial charge is 0.453 e. The number of amides is 2. The van der Waals surface area contributed by atoms with Gasteiger partial charge in [-0.25, -0.2) is 0 Å². The summed E-state index contributed by atoms with van der Waals surface area (Å²) in [6.07, 6.45) is -1.11. The molecule has 1 atom stereocenters. The van der Waals surface area contributed by atoms with Gasteiger partial charge in [0.2, 0.25) is 0 Å².